The van der Waals surface area contributed by atoms with Crippen molar-refractivity contribution in [3.8, 4) is 0 Å². The second kappa shape index (κ2) is 2.19. The summed E-state index contributed by atoms with van der Waals surface area (Å²) in [6.07, 6.45) is 3.16. The average molecular weight is 216 g/mol. The molecule has 2 saturated carbocycles. The summed E-state index contributed by atoms with van der Waals surface area (Å²) in [6, 6.07) is 0. The minimum absolute atomic E-state index is 0.0127. The molecular weight excluding hydrogens is 200 g/mol. The van der Waals surface area contributed by atoms with Crippen molar-refractivity contribution in [3.05, 3.63) is 0 Å². The Bertz CT molecular complexity index is 384. The predicted octanol–water partition coefficient (Wildman–Crippen LogP) is 1.54. The van der Waals surface area contributed by atoms with Crippen molar-refractivity contribution in [2.75, 3.05) is 5.75 Å². The molecule has 14 heavy (non-hydrogen) atoms. The third-order valence-corrected chi connectivity index (χ3v) is 6.45. The predicted molar refractivity (Wildman–Crippen MR) is 52.2 cm³/mol. The van der Waals surface area contributed by atoms with Crippen LogP contribution >= 0.6 is 0 Å². The van der Waals surface area contributed by atoms with Crippen molar-refractivity contribution in [1.82, 2.24) is 0 Å². The van der Waals surface area contributed by atoms with Crippen molar-refractivity contribution >= 4 is 10.1 Å². The number of fused-ring (bicyclic) bond motifs is 1. The van der Waals surface area contributed by atoms with Gasteiger partial charge in [-0.25, -0.2) is 0 Å². The summed E-state index contributed by atoms with van der Waals surface area (Å²) >= 11 is 0. The van der Waals surface area contributed by atoms with E-state index in [0.717, 1.165) is 12.8 Å². The summed E-state index contributed by atoms with van der Waals surface area (Å²) in [7, 11) is -3.22. The molecule has 1 spiro atoms. The highest BCUT2D eigenvalue weighted by molar-refractivity contribution is 7.87. The monoisotopic (exact) mass is 216 g/mol. The van der Waals surface area contributed by atoms with Gasteiger partial charge in [-0.2, -0.15) is 8.42 Å². The van der Waals surface area contributed by atoms with Gasteiger partial charge in [0.15, 0.2) is 0 Å². The lowest BCUT2D eigenvalue weighted by Crippen LogP contribution is -2.37. The van der Waals surface area contributed by atoms with Crippen molar-refractivity contribution in [2.45, 2.75) is 39.2 Å². The van der Waals surface area contributed by atoms with Crippen molar-refractivity contribution in [2.24, 2.45) is 16.7 Å². The van der Waals surface area contributed by atoms with Crippen LogP contribution < -0.4 is 0 Å². The molecule has 0 aromatic rings. The molecule has 2 aliphatic carbocycles. The fourth-order valence-corrected chi connectivity index (χ4v) is 6.02. The van der Waals surface area contributed by atoms with Gasteiger partial charge in [0.25, 0.3) is 10.1 Å². The SMILES string of the molecule is CC1(C)C2CCC13CS(=O)(=O)OC3C2. The van der Waals surface area contributed by atoms with E-state index >= 15 is 0 Å². The molecule has 1 heterocycles. The third kappa shape index (κ3) is 0.807. The van der Waals surface area contributed by atoms with E-state index in [2.05, 4.69) is 13.8 Å². The van der Waals surface area contributed by atoms with E-state index < -0.39 is 10.1 Å². The van der Waals surface area contributed by atoms with Gasteiger partial charge in [0.05, 0.1) is 11.9 Å². The minimum Gasteiger partial charge on any atom is -0.266 e. The quantitative estimate of drug-likeness (QED) is 0.577. The van der Waals surface area contributed by atoms with Gasteiger partial charge in [0.1, 0.15) is 0 Å². The molecular formula is C10H16O3S. The summed E-state index contributed by atoms with van der Waals surface area (Å²) in [5.74, 6) is 0.928. The van der Waals surface area contributed by atoms with Crippen molar-refractivity contribution < 1.29 is 12.6 Å². The van der Waals surface area contributed by atoms with Crippen LogP contribution in [-0.4, -0.2) is 20.3 Å². The molecule has 3 atom stereocenters. The first-order valence-corrected chi connectivity index (χ1v) is 6.86. The van der Waals surface area contributed by atoms with E-state index in [1.807, 2.05) is 0 Å². The summed E-state index contributed by atoms with van der Waals surface area (Å²) < 4.78 is 28.2. The number of hydrogen-bond acceptors (Lipinski definition) is 3. The Morgan fingerprint density at radius 2 is 2.07 bits per heavy atom. The Kier molecular flexibility index (Phi) is 1.43. The molecule has 0 amide bonds. The largest absolute Gasteiger partial charge is 0.268 e. The van der Waals surface area contributed by atoms with E-state index in [9.17, 15) is 8.42 Å². The number of hydrogen-bond donors (Lipinski definition) is 0. The van der Waals surface area contributed by atoms with Gasteiger partial charge in [0, 0.05) is 5.41 Å². The first-order valence-electron chi connectivity index (χ1n) is 5.28. The molecule has 0 aromatic carbocycles. The molecule has 0 radical (unpaired) electrons. The van der Waals surface area contributed by atoms with Crippen LogP contribution in [0.25, 0.3) is 0 Å². The Balaban J connectivity index is 2.13. The van der Waals surface area contributed by atoms with Crippen molar-refractivity contribution in [1.29, 1.82) is 0 Å². The standard InChI is InChI=1S/C10H16O3S/c1-9(2)7-3-4-10(9)6-14(11,12)13-8(10)5-7/h7-8H,3-6H2,1-2H3. The van der Waals surface area contributed by atoms with Crippen LogP contribution in [0.5, 0.6) is 0 Å². The smallest absolute Gasteiger partial charge is 0.266 e. The highest BCUT2D eigenvalue weighted by Crippen LogP contribution is 2.69. The van der Waals surface area contributed by atoms with Crippen molar-refractivity contribution in [3.63, 3.8) is 0 Å². The first kappa shape index (κ1) is 9.16. The van der Waals surface area contributed by atoms with Crippen LogP contribution in [0.15, 0.2) is 0 Å². The maximum Gasteiger partial charge on any atom is 0.268 e. The number of rotatable bonds is 0. The molecule has 3 nitrogen and oxygen atoms in total. The Morgan fingerprint density at radius 1 is 1.36 bits per heavy atom. The second-order valence-corrected chi connectivity index (χ2v) is 7.23. The van der Waals surface area contributed by atoms with E-state index in [1.165, 1.54) is 6.42 Å². The van der Waals surface area contributed by atoms with Crippen LogP contribution in [0.1, 0.15) is 33.1 Å². The van der Waals surface area contributed by atoms with Gasteiger partial charge < -0.3 is 0 Å². The first-order chi connectivity index (χ1) is 6.37. The van der Waals surface area contributed by atoms with Crippen LogP contribution in [0.4, 0.5) is 0 Å². The average Bonchev–Trinajstić information content (AvgIpc) is 2.50. The van der Waals surface area contributed by atoms with Gasteiger partial charge >= 0.3 is 0 Å². The van der Waals surface area contributed by atoms with Gasteiger partial charge in [-0.05, 0) is 30.6 Å². The zero-order chi connectivity index (χ0) is 10.2. The second-order valence-electron chi connectivity index (χ2n) is 5.64. The highest BCUT2D eigenvalue weighted by atomic mass is 32.2. The minimum atomic E-state index is -3.22. The van der Waals surface area contributed by atoms with Crippen LogP contribution in [-0.2, 0) is 14.3 Å². The maximum absolute atomic E-state index is 11.5. The molecule has 3 unspecified atom stereocenters. The fourth-order valence-electron chi connectivity index (χ4n) is 4.00. The molecule has 1 aliphatic heterocycles. The zero-order valence-electron chi connectivity index (χ0n) is 8.62. The lowest BCUT2D eigenvalue weighted by Gasteiger charge is -2.35. The maximum atomic E-state index is 11.5. The van der Waals surface area contributed by atoms with Gasteiger partial charge in [-0.15, -0.1) is 0 Å². The Labute approximate surface area is 85.0 Å². The molecule has 0 N–H and O–H groups in total. The molecule has 2 bridgehead atoms. The lowest BCUT2D eigenvalue weighted by atomic mass is 9.70. The van der Waals surface area contributed by atoms with Crippen LogP contribution in [0.3, 0.4) is 0 Å². The van der Waals surface area contributed by atoms with Crippen LogP contribution in [0, 0.1) is 16.7 Å². The fraction of sp³-hybridized carbons (Fsp3) is 1.00. The summed E-state index contributed by atoms with van der Waals surface area (Å²) in [4.78, 5) is 0. The molecule has 3 fully saturated rings. The van der Waals surface area contributed by atoms with E-state index in [1.54, 1.807) is 0 Å². The molecule has 4 heteroatoms. The highest BCUT2D eigenvalue weighted by Gasteiger charge is 2.69. The van der Waals surface area contributed by atoms with E-state index in [0.29, 0.717) is 5.92 Å². The molecule has 80 valence electrons. The zero-order valence-corrected chi connectivity index (χ0v) is 9.43. The molecule has 3 rings (SSSR count). The lowest BCUT2D eigenvalue weighted by molar-refractivity contribution is 0.0715. The van der Waals surface area contributed by atoms with Gasteiger partial charge in [0.2, 0.25) is 0 Å². The van der Waals surface area contributed by atoms with E-state index in [-0.39, 0.29) is 22.7 Å². The summed E-state index contributed by atoms with van der Waals surface area (Å²) in [6.45, 7) is 4.43. The van der Waals surface area contributed by atoms with Gasteiger partial charge in [-0.1, -0.05) is 13.8 Å². The Hall–Kier alpha value is -0.0900. The molecule has 1 saturated heterocycles. The summed E-state index contributed by atoms with van der Waals surface area (Å²) in [5.41, 5.74) is 0.0950. The normalized spacial score (nSPS) is 52.1. The van der Waals surface area contributed by atoms with E-state index in [4.69, 9.17) is 4.18 Å². The van der Waals surface area contributed by atoms with Gasteiger partial charge in [-0.3, -0.25) is 4.18 Å². The molecule has 0 aromatic heterocycles. The Morgan fingerprint density at radius 3 is 2.64 bits per heavy atom. The third-order valence-electron chi connectivity index (χ3n) is 5.05. The molecule has 3 aliphatic rings. The topological polar surface area (TPSA) is 43.4 Å². The van der Waals surface area contributed by atoms with Crippen LogP contribution in [0.2, 0.25) is 0 Å². The summed E-state index contributed by atoms with van der Waals surface area (Å²) in [5, 5.41) is 0.